The van der Waals surface area contributed by atoms with E-state index in [0.29, 0.717) is 23.6 Å². The molecule has 0 aliphatic rings. The molecule has 0 radical (unpaired) electrons. The standard InChI is InChI=1S/C31H29N7O2/c1-38(2)13-5-10-27(39)15-21-6-3-7-23(14-21)31(40)37-26-9-4-8-25(17-26)36-29-18-28(34-20-35-29)24-16-22-11-12-32-30(22)33-19-24/h3-12,14,16-20H,13,15H2,1-2H3,(H,32,33)(H,37,40)(H,34,35,36)/b10-5+. The Morgan fingerprint density at radius 3 is 2.67 bits per heavy atom. The number of amides is 1. The third-order valence-electron chi connectivity index (χ3n) is 6.10. The van der Waals surface area contributed by atoms with Gasteiger partial charge >= 0.3 is 0 Å². The first kappa shape index (κ1) is 26.5. The molecule has 0 saturated heterocycles. The minimum atomic E-state index is -0.258. The highest BCUT2D eigenvalue weighted by atomic mass is 16.1. The van der Waals surface area contributed by atoms with E-state index in [1.807, 2.05) is 79.8 Å². The van der Waals surface area contributed by atoms with E-state index in [2.05, 4.69) is 30.6 Å². The van der Waals surface area contributed by atoms with Gasteiger partial charge in [-0.25, -0.2) is 15.0 Å². The fourth-order valence-electron chi connectivity index (χ4n) is 4.17. The molecule has 0 aliphatic carbocycles. The highest BCUT2D eigenvalue weighted by Gasteiger charge is 2.10. The lowest BCUT2D eigenvalue weighted by molar-refractivity contribution is -0.114. The van der Waals surface area contributed by atoms with Gasteiger partial charge in [0.15, 0.2) is 5.78 Å². The summed E-state index contributed by atoms with van der Waals surface area (Å²) >= 11 is 0. The van der Waals surface area contributed by atoms with Gasteiger partial charge in [-0.3, -0.25) is 9.59 Å². The molecule has 0 atom stereocenters. The van der Waals surface area contributed by atoms with Crippen LogP contribution in [-0.4, -0.2) is 57.2 Å². The summed E-state index contributed by atoms with van der Waals surface area (Å²) in [7, 11) is 3.89. The number of aromatic amines is 1. The first-order chi connectivity index (χ1) is 19.4. The number of hydrogen-bond acceptors (Lipinski definition) is 7. The summed E-state index contributed by atoms with van der Waals surface area (Å²) in [5.74, 6) is 0.346. The van der Waals surface area contributed by atoms with Crippen LogP contribution < -0.4 is 10.6 Å². The molecular formula is C31H29N7O2. The number of ketones is 1. The number of likely N-dealkylation sites (N-methyl/N-ethyl adjacent to an activating group) is 1. The molecule has 3 N–H and O–H groups in total. The maximum absolute atomic E-state index is 13.0. The number of fused-ring (bicyclic) bond motifs is 1. The molecule has 2 aromatic carbocycles. The van der Waals surface area contributed by atoms with Crippen molar-refractivity contribution in [2.24, 2.45) is 0 Å². The number of benzene rings is 2. The number of nitrogens with one attached hydrogen (secondary N) is 3. The van der Waals surface area contributed by atoms with Crippen LogP contribution in [0.25, 0.3) is 22.3 Å². The maximum atomic E-state index is 13.0. The van der Waals surface area contributed by atoms with Crippen LogP contribution in [0.3, 0.4) is 0 Å². The van der Waals surface area contributed by atoms with Crippen molar-refractivity contribution in [1.82, 2.24) is 24.8 Å². The van der Waals surface area contributed by atoms with Crippen LogP contribution >= 0.6 is 0 Å². The first-order valence-electron chi connectivity index (χ1n) is 12.8. The van der Waals surface area contributed by atoms with Gasteiger partial charge in [0.05, 0.1) is 5.69 Å². The molecule has 0 bridgehead atoms. The number of allylic oxidation sites excluding steroid dienone is 1. The monoisotopic (exact) mass is 531 g/mol. The number of nitrogens with zero attached hydrogens (tertiary/aromatic N) is 4. The molecule has 0 aliphatic heterocycles. The number of hydrogen-bond donors (Lipinski definition) is 3. The van der Waals surface area contributed by atoms with Crippen LogP contribution in [0.2, 0.25) is 0 Å². The highest BCUT2D eigenvalue weighted by molar-refractivity contribution is 6.04. The Bertz CT molecular complexity index is 1690. The molecule has 0 unspecified atom stereocenters. The topological polar surface area (TPSA) is 116 Å². The first-order valence-corrected chi connectivity index (χ1v) is 12.8. The van der Waals surface area contributed by atoms with Gasteiger partial charge in [-0.2, -0.15) is 0 Å². The van der Waals surface area contributed by atoms with Crippen molar-refractivity contribution in [3.63, 3.8) is 0 Å². The van der Waals surface area contributed by atoms with Gasteiger partial charge in [-0.05, 0) is 68.2 Å². The van der Waals surface area contributed by atoms with Gasteiger partial charge in [-0.15, -0.1) is 0 Å². The Balaban J connectivity index is 1.24. The summed E-state index contributed by atoms with van der Waals surface area (Å²) in [4.78, 5) is 43.5. The van der Waals surface area contributed by atoms with E-state index in [1.165, 1.54) is 6.33 Å². The Morgan fingerprint density at radius 2 is 1.80 bits per heavy atom. The van der Waals surface area contributed by atoms with Crippen LogP contribution in [0.1, 0.15) is 15.9 Å². The summed E-state index contributed by atoms with van der Waals surface area (Å²) in [5, 5.41) is 7.22. The van der Waals surface area contributed by atoms with Gasteiger partial charge < -0.3 is 20.5 Å². The van der Waals surface area contributed by atoms with Crippen molar-refractivity contribution < 1.29 is 9.59 Å². The van der Waals surface area contributed by atoms with Crippen molar-refractivity contribution in [1.29, 1.82) is 0 Å². The normalized spacial score (nSPS) is 11.3. The third kappa shape index (κ3) is 6.83. The van der Waals surface area contributed by atoms with Crippen molar-refractivity contribution in [3.8, 4) is 11.3 Å². The Kier molecular flexibility index (Phi) is 8.03. The average molecular weight is 532 g/mol. The lowest BCUT2D eigenvalue weighted by Gasteiger charge is -2.10. The van der Waals surface area contributed by atoms with Crippen molar-refractivity contribution in [2.45, 2.75) is 6.42 Å². The number of anilines is 3. The number of aromatic nitrogens is 4. The lowest BCUT2D eigenvalue weighted by Crippen LogP contribution is -2.13. The van der Waals surface area contributed by atoms with Crippen LogP contribution in [0, 0.1) is 0 Å². The Hall–Kier alpha value is -5.15. The minimum Gasteiger partial charge on any atom is -0.346 e. The summed E-state index contributed by atoms with van der Waals surface area (Å²) in [6, 6.07) is 20.3. The number of H-pyrrole nitrogens is 1. The molecular weight excluding hydrogens is 502 g/mol. The van der Waals surface area contributed by atoms with Crippen LogP contribution in [0.4, 0.5) is 17.2 Å². The molecule has 3 heterocycles. The van der Waals surface area contributed by atoms with E-state index >= 15 is 0 Å². The van der Waals surface area contributed by atoms with E-state index in [-0.39, 0.29) is 18.1 Å². The van der Waals surface area contributed by atoms with Gasteiger partial charge in [0, 0.05) is 59.3 Å². The molecule has 0 spiro atoms. The van der Waals surface area contributed by atoms with Gasteiger partial charge in [0.1, 0.15) is 17.8 Å². The van der Waals surface area contributed by atoms with Crippen LogP contribution in [-0.2, 0) is 11.2 Å². The second-order valence-corrected chi connectivity index (χ2v) is 9.60. The largest absolute Gasteiger partial charge is 0.346 e. The molecule has 200 valence electrons. The van der Waals surface area contributed by atoms with Crippen LogP contribution in [0.5, 0.6) is 0 Å². The minimum absolute atomic E-state index is 0.00709. The predicted molar refractivity (Wildman–Crippen MR) is 158 cm³/mol. The fourth-order valence-corrected chi connectivity index (χ4v) is 4.17. The lowest BCUT2D eigenvalue weighted by atomic mass is 10.0. The molecule has 0 fully saturated rings. The average Bonchev–Trinajstić information content (AvgIpc) is 3.41. The van der Waals surface area contributed by atoms with E-state index < -0.39 is 0 Å². The number of carbonyl (C=O) groups is 2. The predicted octanol–water partition coefficient (Wildman–Crippen LogP) is 5.25. The van der Waals surface area contributed by atoms with Gasteiger partial charge in [0.25, 0.3) is 5.91 Å². The van der Waals surface area contributed by atoms with E-state index in [1.54, 1.807) is 30.5 Å². The Morgan fingerprint density at radius 1 is 0.950 bits per heavy atom. The second kappa shape index (κ2) is 12.1. The van der Waals surface area contributed by atoms with Crippen molar-refractivity contribution >= 4 is 39.9 Å². The third-order valence-corrected chi connectivity index (χ3v) is 6.10. The summed E-state index contributed by atoms with van der Waals surface area (Å²) in [6.45, 7) is 0.697. The summed E-state index contributed by atoms with van der Waals surface area (Å²) in [5.41, 5.74) is 5.09. The molecule has 5 rings (SSSR count). The van der Waals surface area contributed by atoms with Crippen molar-refractivity contribution in [3.05, 3.63) is 109 Å². The van der Waals surface area contributed by atoms with E-state index in [0.717, 1.165) is 33.5 Å². The smallest absolute Gasteiger partial charge is 0.255 e. The second-order valence-electron chi connectivity index (χ2n) is 9.60. The van der Waals surface area contributed by atoms with Gasteiger partial charge in [0.2, 0.25) is 0 Å². The molecule has 0 saturated carbocycles. The van der Waals surface area contributed by atoms with Crippen LogP contribution in [0.15, 0.2) is 97.6 Å². The number of carbonyl (C=O) groups excluding carboxylic acids is 2. The van der Waals surface area contributed by atoms with Crippen molar-refractivity contribution in [2.75, 3.05) is 31.3 Å². The molecule has 9 nitrogen and oxygen atoms in total. The van der Waals surface area contributed by atoms with E-state index in [9.17, 15) is 9.59 Å². The quantitative estimate of drug-likeness (QED) is 0.211. The number of pyridine rings is 1. The zero-order valence-electron chi connectivity index (χ0n) is 22.3. The van der Waals surface area contributed by atoms with Gasteiger partial charge in [-0.1, -0.05) is 24.3 Å². The number of rotatable bonds is 10. The highest BCUT2D eigenvalue weighted by Crippen LogP contribution is 2.24. The molecule has 9 heteroatoms. The molecule has 40 heavy (non-hydrogen) atoms. The molecule has 5 aromatic rings. The zero-order chi connectivity index (χ0) is 27.9. The SMILES string of the molecule is CN(C)C/C=C/C(=O)Cc1cccc(C(=O)Nc2cccc(Nc3cc(-c4cnc5[nH]ccc5c4)ncn3)c2)c1. The molecule has 1 amide bonds. The fraction of sp³-hybridized carbons (Fsp3) is 0.129. The maximum Gasteiger partial charge on any atom is 0.255 e. The Labute approximate surface area is 232 Å². The summed E-state index contributed by atoms with van der Waals surface area (Å²) < 4.78 is 0. The zero-order valence-corrected chi connectivity index (χ0v) is 22.3. The van der Waals surface area contributed by atoms with E-state index in [4.69, 9.17) is 0 Å². The molecule has 3 aromatic heterocycles. The summed E-state index contributed by atoms with van der Waals surface area (Å²) in [6.07, 6.45) is 8.78.